The smallest absolute Gasteiger partial charge is 0.283 e. The van der Waals surface area contributed by atoms with E-state index in [1.165, 1.54) is 0 Å². The van der Waals surface area contributed by atoms with Gasteiger partial charge < -0.3 is 4.98 Å². The van der Waals surface area contributed by atoms with Crippen molar-refractivity contribution in [3.8, 4) is 10.6 Å². The average Bonchev–Trinajstić information content (AvgIpc) is 3.20. The number of benzene rings is 1. The molecule has 0 aliphatic heterocycles. The molecular weight excluding hydrogens is 296 g/mol. The van der Waals surface area contributed by atoms with Gasteiger partial charge in [-0.05, 0) is 23.6 Å². The maximum absolute atomic E-state index is 11.9. The van der Waals surface area contributed by atoms with Crippen molar-refractivity contribution in [3.63, 3.8) is 0 Å². The standard InChI is InChI=1S/C16H12N4OS/c17-20-16(21)12-8-10-9-4-1-2-5-11(9)18-14(10)15(19-12)13-6-3-7-22-13/h1-8,18H,17H2,(H,20,21). The summed E-state index contributed by atoms with van der Waals surface area (Å²) in [5.74, 6) is 4.86. The molecule has 1 aromatic carbocycles. The molecule has 4 N–H and O–H groups in total. The van der Waals surface area contributed by atoms with E-state index in [0.717, 1.165) is 32.4 Å². The number of fused-ring (bicyclic) bond motifs is 3. The number of carbonyl (C=O) groups excluding carboxylic acids is 1. The van der Waals surface area contributed by atoms with Gasteiger partial charge in [-0.25, -0.2) is 10.8 Å². The van der Waals surface area contributed by atoms with Gasteiger partial charge in [0.05, 0.1) is 10.4 Å². The number of hydrogen-bond donors (Lipinski definition) is 3. The minimum atomic E-state index is -0.398. The topological polar surface area (TPSA) is 83.8 Å². The summed E-state index contributed by atoms with van der Waals surface area (Å²) in [6.07, 6.45) is 0. The predicted molar refractivity (Wildman–Crippen MR) is 88.6 cm³/mol. The summed E-state index contributed by atoms with van der Waals surface area (Å²) < 4.78 is 0. The minimum Gasteiger partial charge on any atom is -0.353 e. The van der Waals surface area contributed by atoms with Gasteiger partial charge in [0.2, 0.25) is 0 Å². The molecule has 108 valence electrons. The van der Waals surface area contributed by atoms with E-state index < -0.39 is 5.91 Å². The number of pyridine rings is 1. The number of amides is 1. The van der Waals surface area contributed by atoms with Gasteiger partial charge in [-0.2, -0.15) is 0 Å². The lowest BCUT2D eigenvalue weighted by atomic mass is 10.1. The number of nitrogens with zero attached hydrogens (tertiary/aromatic N) is 1. The Labute approximate surface area is 129 Å². The molecule has 0 aliphatic carbocycles. The van der Waals surface area contributed by atoms with Gasteiger partial charge in [0.1, 0.15) is 11.4 Å². The highest BCUT2D eigenvalue weighted by Crippen LogP contribution is 2.34. The van der Waals surface area contributed by atoms with Crippen LogP contribution in [0.15, 0.2) is 47.8 Å². The minimum absolute atomic E-state index is 0.308. The zero-order chi connectivity index (χ0) is 15.1. The molecule has 6 heteroatoms. The summed E-state index contributed by atoms with van der Waals surface area (Å²) in [7, 11) is 0. The number of aromatic nitrogens is 2. The van der Waals surface area contributed by atoms with E-state index in [4.69, 9.17) is 5.84 Å². The normalized spacial score (nSPS) is 11.1. The molecule has 22 heavy (non-hydrogen) atoms. The second-order valence-corrected chi connectivity index (χ2v) is 5.85. The maximum atomic E-state index is 11.9. The molecule has 0 fully saturated rings. The van der Waals surface area contributed by atoms with Gasteiger partial charge in [-0.3, -0.25) is 10.2 Å². The second kappa shape index (κ2) is 4.94. The Hall–Kier alpha value is -2.70. The molecule has 0 saturated heterocycles. The summed E-state index contributed by atoms with van der Waals surface area (Å²) in [6.45, 7) is 0. The fourth-order valence-corrected chi connectivity index (χ4v) is 3.35. The molecule has 5 nitrogen and oxygen atoms in total. The van der Waals surface area contributed by atoms with Crippen LogP contribution < -0.4 is 11.3 Å². The number of thiophene rings is 1. The molecular formula is C16H12N4OS. The molecule has 0 bridgehead atoms. The van der Waals surface area contributed by atoms with Crippen molar-refractivity contribution in [2.45, 2.75) is 0 Å². The number of aromatic amines is 1. The Morgan fingerprint density at radius 2 is 2.05 bits per heavy atom. The van der Waals surface area contributed by atoms with Gasteiger partial charge in [-0.1, -0.05) is 24.3 Å². The molecule has 3 heterocycles. The highest BCUT2D eigenvalue weighted by Gasteiger charge is 2.16. The largest absolute Gasteiger partial charge is 0.353 e. The van der Waals surface area contributed by atoms with Crippen LogP contribution in [0, 0.1) is 0 Å². The quantitative estimate of drug-likeness (QED) is 0.302. The van der Waals surface area contributed by atoms with Crippen molar-refractivity contribution in [1.29, 1.82) is 0 Å². The van der Waals surface area contributed by atoms with Crippen LogP contribution in [0.4, 0.5) is 0 Å². The Bertz CT molecular complexity index is 988. The number of nitrogens with one attached hydrogen (secondary N) is 2. The third-order valence-electron chi connectivity index (χ3n) is 3.61. The third kappa shape index (κ3) is 1.89. The van der Waals surface area contributed by atoms with Crippen LogP contribution in [-0.2, 0) is 0 Å². The van der Waals surface area contributed by atoms with Gasteiger partial charge in [0, 0.05) is 16.3 Å². The van der Waals surface area contributed by atoms with Gasteiger partial charge in [0.15, 0.2) is 0 Å². The number of nitrogens with two attached hydrogens (primary N) is 1. The maximum Gasteiger partial charge on any atom is 0.283 e. The van der Waals surface area contributed by atoms with Crippen molar-refractivity contribution in [3.05, 3.63) is 53.5 Å². The van der Waals surface area contributed by atoms with Crippen LogP contribution in [0.25, 0.3) is 32.4 Å². The number of para-hydroxylation sites is 1. The van der Waals surface area contributed by atoms with E-state index in [9.17, 15) is 4.79 Å². The first-order valence-electron chi connectivity index (χ1n) is 6.74. The van der Waals surface area contributed by atoms with Crippen LogP contribution in [0.2, 0.25) is 0 Å². The first kappa shape index (κ1) is 13.0. The van der Waals surface area contributed by atoms with Crippen molar-refractivity contribution in [2.24, 2.45) is 5.84 Å². The highest BCUT2D eigenvalue weighted by atomic mass is 32.1. The molecule has 0 aliphatic rings. The van der Waals surface area contributed by atoms with Crippen LogP contribution in [0.5, 0.6) is 0 Å². The fourth-order valence-electron chi connectivity index (χ4n) is 2.63. The monoisotopic (exact) mass is 308 g/mol. The molecule has 0 unspecified atom stereocenters. The Morgan fingerprint density at radius 1 is 1.18 bits per heavy atom. The number of hydrazine groups is 1. The summed E-state index contributed by atoms with van der Waals surface area (Å²) in [6, 6.07) is 13.7. The fraction of sp³-hybridized carbons (Fsp3) is 0. The highest BCUT2D eigenvalue weighted by molar-refractivity contribution is 7.13. The predicted octanol–water partition coefficient (Wildman–Crippen LogP) is 3.05. The van der Waals surface area contributed by atoms with Crippen molar-refractivity contribution >= 4 is 39.0 Å². The lowest BCUT2D eigenvalue weighted by Gasteiger charge is -2.04. The van der Waals surface area contributed by atoms with Gasteiger partial charge >= 0.3 is 0 Å². The van der Waals surface area contributed by atoms with Crippen LogP contribution in [0.3, 0.4) is 0 Å². The summed E-state index contributed by atoms with van der Waals surface area (Å²) >= 11 is 1.58. The molecule has 0 atom stereocenters. The van der Waals surface area contributed by atoms with Crippen LogP contribution >= 0.6 is 11.3 Å². The Balaban J connectivity index is 2.13. The summed E-state index contributed by atoms with van der Waals surface area (Å²) in [4.78, 5) is 20.8. The van der Waals surface area contributed by atoms with E-state index >= 15 is 0 Å². The van der Waals surface area contributed by atoms with E-state index in [-0.39, 0.29) is 0 Å². The Kier molecular flexibility index (Phi) is 2.92. The van der Waals surface area contributed by atoms with Crippen LogP contribution in [0.1, 0.15) is 10.5 Å². The number of rotatable bonds is 2. The zero-order valence-electron chi connectivity index (χ0n) is 11.5. The zero-order valence-corrected chi connectivity index (χ0v) is 12.3. The second-order valence-electron chi connectivity index (χ2n) is 4.90. The molecule has 3 aromatic heterocycles. The summed E-state index contributed by atoms with van der Waals surface area (Å²) in [5.41, 5.74) is 5.17. The third-order valence-corrected chi connectivity index (χ3v) is 4.49. The first-order valence-corrected chi connectivity index (χ1v) is 7.62. The molecule has 0 spiro atoms. The van der Waals surface area contributed by atoms with Crippen LogP contribution in [-0.4, -0.2) is 15.9 Å². The van der Waals surface area contributed by atoms with E-state index in [2.05, 4.69) is 15.4 Å². The molecule has 0 saturated carbocycles. The molecule has 1 amide bonds. The Morgan fingerprint density at radius 3 is 2.82 bits per heavy atom. The number of hydrogen-bond acceptors (Lipinski definition) is 4. The van der Waals surface area contributed by atoms with Gasteiger partial charge in [-0.15, -0.1) is 11.3 Å². The molecule has 4 rings (SSSR count). The SMILES string of the molecule is NNC(=O)c1cc2c([nH]c3ccccc32)c(-c2cccs2)n1. The van der Waals surface area contributed by atoms with Crippen molar-refractivity contribution in [1.82, 2.24) is 15.4 Å². The first-order chi connectivity index (χ1) is 10.8. The lowest BCUT2D eigenvalue weighted by molar-refractivity contribution is 0.0949. The number of H-pyrrole nitrogens is 1. The van der Waals surface area contributed by atoms with E-state index in [1.54, 1.807) is 17.4 Å². The van der Waals surface area contributed by atoms with E-state index in [1.807, 2.05) is 41.8 Å². The lowest BCUT2D eigenvalue weighted by Crippen LogP contribution is -2.30. The average molecular weight is 308 g/mol. The van der Waals surface area contributed by atoms with E-state index in [0.29, 0.717) is 5.69 Å². The van der Waals surface area contributed by atoms with Crippen molar-refractivity contribution < 1.29 is 4.79 Å². The van der Waals surface area contributed by atoms with Crippen molar-refractivity contribution in [2.75, 3.05) is 0 Å². The van der Waals surface area contributed by atoms with Gasteiger partial charge in [0.25, 0.3) is 5.91 Å². The molecule has 0 radical (unpaired) electrons. The number of nitrogen functional groups attached to an aromatic ring is 1. The molecule has 4 aromatic rings. The number of carbonyl (C=O) groups is 1. The summed E-state index contributed by atoms with van der Waals surface area (Å²) in [5, 5.41) is 4.01.